The molecular weight excluding hydrogens is 511 g/mol. The first-order valence-electron chi connectivity index (χ1n) is 9.28. The summed E-state index contributed by atoms with van der Waals surface area (Å²) in [6.45, 7) is 0.173. The molecule has 0 aliphatic carbocycles. The summed E-state index contributed by atoms with van der Waals surface area (Å²) in [6, 6.07) is 13.7. The highest BCUT2D eigenvalue weighted by molar-refractivity contribution is 9.10. The second kappa shape index (κ2) is 9.55. The van der Waals surface area contributed by atoms with Crippen LogP contribution in [-0.2, 0) is 29.2 Å². The molecule has 0 N–H and O–H groups in total. The van der Waals surface area contributed by atoms with Gasteiger partial charge in [0.05, 0.1) is 17.7 Å². The Kier molecular flexibility index (Phi) is 7.21. The highest BCUT2D eigenvalue weighted by Gasteiger charge is 2.32. The van der Waals surface area contributed by atoms with Gasteiger partial charge in [0.1, 0.15) is 5.75 Å². The largest absolute Gasteiger partial charge is 0.497 e. The van der Waals surface area contributed by atoms with Crippen molar-refractivity contribution in [3.8, 4) is 5.75 Å². The molecule has 3 aromatic rings. The van der Waals surface area contributed by atoms with Gasteiger partial charge in [-0.3, -0.25) is 0 Å². The van der Waals surface area contributed by atoms with E-state index in [1.54, 1.807) is 37.4 Å². The number of nitrogens with zero attached hydrogens (tertiary/aromatic N) is 3. The second-order valence-corrected chi connectivity index (χ2v) is 9.85. The maximum absolute atomic E-state index is 13.0. The van der Waals surface area contributed by atoms with Crippen molar-refractivity contribution in [2.24, 2.45) is 0 Å². The van der Waals surface area contributed by atoms with Crippen LogP contribution in [0.3, 0.4) is 0 Å². The van der Waals surface area contributed by atoms with Crippen molar-refractivity contribution in [2.75, 3.05) is 14.2 Å². The molecule has 6 nitrogen and oxygen atoms in total. The summed E-state index contributed by atoms with van der Waals surface area (Å²) in [6.07, 6.45) is -4.37. The normalized spacial score (nSPS) is 12.2. The van der Waals surface area contributed by atoms with E-state index in [0.29, 0.717) is 21.5 Å². The van der Waals surface area contributed by atoms with Gasteiger partial charge < -0.3 is 4.74 Å². The second-order valence-electron chi connectivity index (χ2n) is 6.95. The Balaban J connectivity index is 1.75. The highest BCUT2D eigenvalue weighted by Crippen LogP contribution is 2.28. The number of alkyl halides is 3. The van der Waals surface area contributed by atoms with E-state index in [1.165, 1.54) is 29.6 Å². The summed E-state index contributed by atoms with van der Waals surface area (Å²) in [7, 11) is -0.730. The minimum absolute atomic E-state index is 0.0858. The molecule has 0 unspecified atom stereocenters. The predicted molar refractivity (Wildman–Crippen MR) is 116 cm³/mol. The third kappa shape index (κ3) is 5.64. The summed E-state index contributed by atoms with van der Waals surface area (Å²) in [5.74, 6) is 0.677. The van der Waals surface area contributed by atoms with Gasteiger partial charge in [-0.2, -0.15) is 22.6 Å². The van der Waals surface area contributed by atoms with E-state index in [2.05, 4.69) is 26.1 Å². The maximum atomic E-state index is 13.0. The van der Waals surface area contributed by atoms with Gasteiger partial charge in [-0.15, -0.1) is 5.10 Å². The van der Waals surface area contributed by atoms with Crippen molar-refractivity contribution in [1.29, 1.82) is 0 Å². The lowest BCUT2D eigenvalue weighted by atomic mass is 10.1. The van der Waals surface area contributed by atoms with Crippen LogP contribution < -0.4 is 4.74 Å². The summed E-state index contributed by atoms with van der Waals surface area (Å²) in [4.78, 5) is 0.0858. The molecule has 170 valence electrons. The summed E-state index contributed by atoms with van der Waals surface area (Å²) in [5, 5.41) is 6.82. The molecule has 0 aliphatic heterocycles. The Hall–Kier alpha value is -2.50. The number of hydrogen-bond acceptors (Lipinski definition) is 5. The molecule has 0 saturated heterocycles. The van der Waals surface area contributed by atoms with Crippen LogP contribution in [0.1, 0.15) is 22.5 Å². The zero-order valence-electron chi connectivity index (χ0n) is 17.1. The van der Waals surface area contributed by atoms with Gasteiger partial charge in [-0.25, -0.2) is 8.42 Å². The van der Waals surface area contributed by atoms with E-state index in [0.717, 1.165) is 11.6 Å². The number of ether oxygens (including phenoxy) is 1. The Labute approximate surface area is 192 Å². The summed E-state index contributed by atoms with van der Waals surface area (Å²) < 4.78 is 70.6. The Morgan fingerprint density at radius 1 is 1.03 bits per heavy atom. The summed E-state index contributed by atoms with van der Waals surface area (Å²) in [5.41, 5.74) is 0.719. The number of aromatic nitrogens is 2. The first kappa shape index (κ1) is 24.1. The van der Waals surface area contributed by atoms with Crippen LogP contribution in [-0.4, -0.2) is 37.1 Å². The molecule has 0 radical (unpaired) electrons. The predicted octanol–water partition coefficient (Wildman–Crippen LogP) is 4.68. The molecule has 0 spiro atoms. The van der Waals surface area contributed by atoms with Crippen LogP contribution in [0.25, 0.3) is 0 Å². The molecular formula is C21H19BrF3N3O3S. The Morgan fingerprint density at radius 3 is 2.25 bits per heavy atom. The molecule has 2 aromatic carbocycles. The highest BCUT2D eigenvalue weighted by atomic mass is 79.9. The number of rotatable bonds is 7. The molecule has 0 bridgehead atoms. The number of sulfonamides is 1. The maximum Gasteiger partial charge on any atom is 0.435 e. The average Bonchev–Trinajstić information content (AvgIpc) is 2.75. The van der Waals surface area contributed by atoms with Gasteiger partial charge in [-0.1, -0.05) is 34.1 Å². The fraction of sp³-hybridized carbons (Fsp3) is 0.238. The fourth-order valence-electron chi connectivity index (χ4n) is 2.89. The molecule has 32 heavy (non-hydrogen) atoms. The molecule has 11 heteroatoms. The van der Waals surface area contributed by atoms with E-state index < -0.39 is 21.9 Å². The lowest BCUT2D eigenvalue weighted by Crippen LogP contribution is -2.26. The molecule has 0 atom stereocenters. The van der Waals surface area contributed by atoms with Crippen LogP contribution in [0.2, 0.25) is 0 Å². The molecule has 0 aliphatic rings. The first-order valence-corrected chi connectivity index (χ1v) is 11.5. The quantitative estimate of drug-likeness (QED) is 0.444. The zero-order chi connectivity index (χ0) is 23.5. The minimum Gasteiger partial charge on any atom is -0.497 e. The van der Waals surface area contributed by atoms with Gasteiger partial charge >= 0.3 is 6.18 Å². The lowest BCUT2D eigenvalue weighted by molar-refractivity contribution is -0.141. The van der Waals surface area contributed by atoms with E-state index in [4.69, 9.17) is 4.74 Å². The molecule has 1 aromatic heterocycles. The number of benzene rings is 2. The van der Waals surface area contributed by atoms with Gasteiger partial charge in [0.25, 0.3) is 0 Å². The number of methoxy groups -OCH3 is 1. The van der Waals surface area contributed by atoms with Crippen molar-refractivity contribution < 1.29 is 26.3 Å². The van der Waals surface area contributed by atoms with Gasteiger partial charge in [0.2, 0.25) is 10.0 Å². The van der Waals surface area contributed by atoms with Crippen molar-refractivity contribution in [3.63, 3.8) is 0 Å². The SMILES string of the molecule is COc1ccc(CN(C)S(=O)(=O)c2ccc(Cc3ccc(C(F)(F)F)nn3)c(Br)c2)cc1. The fourth-order valence-corrected chi connectivity index (χ4v) is 4.74. The van der Waals surface area contributed by atoms with Crippen LogP contribution in [0.5, 0.6) is 5.75 Å². The lowest BCUT2D eigenvalue weighted by Gasteiger charge is -2.18. The smallest absolute Gasteiger partial charge is 0.435 e. The minimum atomic E-state index is -4.56. The van der Waals surface area contributed by atoms with E-state index in [9.17, 15) is 21.6 Å². The summed E-state index contributed by atoms with van der Waals surface area (Å²) >= 11 is 3.35. The van der Waals surface area contributed by atoms with Crippen LogP contribution >= 0.6 is 15.9 Å². The third-order valence-electron chi connectivity index (χ3n) is 4.68. The zero-order valence-corrected chi connectivity index (χ0v) is 19.5. The number of halogens is 4. The third-order valence-corrected chi connectivity index (χ3v) is 7.22. The van der Waals surface area contributed by atoms with Crippen molar-refractivity contribution >= 4 is 26.0 Å². The van der Waals surface area contributed by atoms with Gasteiger partial charge in [0.15, 0.2) is 5.69 Å². The molecule has 3 rings (SSSR count). The van der Waals surface area contributed by atoms with E-state index in [-0.39, 0.29) is 17.9 Å². The van der Waals surface area contributed by atoms with Crippen molar-refractivity contribution in [1.82, 2.24) is 14.5 Å². The molecule has 0 saturated carbocycles. The Bertz CT molecular complexity index is 1190. The number of hydrogen-bond donors (Lipinski definition) is 0. The van der Waals surface area contributed by atoms with E-state index >= 15 is 0 Å². The monoisotopic (exact) mass is 529 g/mol. The van der Waals surface area contributed by atoms with Crippen molar-refractivity contribution in [3.05, 3.63) is 81.6 Å². The van der Waals surface area contributed by atoms with Crippen LogP contribution in [0.4, 0.5) is 13.2 Å². The topological polar surface area (TPSA) is 72.4 Å². The first-order chi connectivity index (χ1) is 15.0. The van der Waals surface area contributed by atoms with Gasteiger partial charge in [-0.05, 0) is 47.5 Å². The van der Waals surface area contributed by atoms with Gasteiger partial charge in [0, 0.05) is 24.5 Å². The van der Waals surface area contributed by atoms with Crippen LogP contribution in [0, 0.1) is 0 Å². The Morgan fingerprint density at radius 2 is 1.72 bits per heavy atom. The molecule has 0 fully saturated rings. The van der Waals surface area contributed by atoms with E-state index in [1.807, 2.05) is 0 Å². The standard InChI is InChI=1S/C21H19BrF3N3O3S/c1-28(13-14-3-7-17(31-2)8-4-14)32(29,30)18-9-5-15(19(22)12-18)11-16-6-10-20(27-26-16)21(23,24)25/h3-10,12H,11,13H2,1-2H3. The molecule has 0 amide bonds. The van der Waals surface area contributed by atoms with Crippen molar-refractivity contribution in [2.45, 2.75) is 24.0 Å². The average molecular weight is 530 g/mol. The molecule has 1 heterocycles. The van der Waals surface area contributed by atoms with Crippen LogP contribution in [0.15, 0.2) is 64.0 Å².